The number of rotatable bonds is 5. The molecule has 114 valence electrons. The van der Waals surface area contributed by atoms with Gasteiger partial charge in [-0.25, -0.2) is 4.79 Å². The van der Waals surface area contributed by atoms with Gasteiger partial charge in [0.05, 0.1) is 5.56 Å². The zero-order valence-corrected chi connectivity index (χ0v) is 13.6. The van der Waals surface area contributed by atoms with Crippen LogP contribution < -0.4 is 15.6 Å². The molecule has 0 aliphatic heterocycles. The topological polar surface area (TPSA) is 75.5 Å². The van der Waals surface area contributed by atoms with E-state index >= 15 is 0 Å². The van der Waals surface area contributed by atoms with Crippen LogP contribution in [0.25, 0.3) is 0 Å². The molecule has 0 aliphatic carbocycles. The molecule has 0 radical (unpaired) electrons. The van der Waals surface area contributed by atoms with E-state index in [0.717, 1.165) is 15.6 Å². The number of ether oxygens (including phenoxy) is 1. The molecule has 0 unspecified atom stereocenters. The molecule has 0 saturated heterocycles. The Morgan fingerprint density at radius 1 is 1.23 bits per heavy atom. The van der Waals surface area contributed by atoms with E-state index < -0.39 is 5.97 Å². The number of carbonyl (C=O) groups excluding carboxylic acids is 1. The lowest BCUT2D eigenvalue weighted by molar-refractivity contribution is -0.724. The first kappa shape index (κ1) is 16.0. The van der Waals surface area contributed by atoms with Crippen molar-refractivity contribution >= 4 is 27.7 Å². The van der Waals surface area contributed by atoms with E-state index in [1.54, 1.807) is 18.2 Å². The number of amidine groups is 1. The maximum absolute atomic E-state index is 11.6. The predicted octanol–water partition coefficient (Wildman–Crippen LogP) is 1.08. The first-order valence-electron chi connectivity index (χ1n) is 6.58. The van der Waals surface area contributed by atoms with Crippen LogP contribution in [-0.4, -0.2) is 18.4 Å². The van der Waals surface area contributed by atoms with Gasteiger partial charge in [0.1, 0.15) is 5.75 Å². The second-order valence-electron chi connectivity index (χ2n) is 4.60. The van der Waals surface area contributed by atoms with Crippen LogP contribution in [0.5, 0.6) is 5.75 Å². The van der Waals surface area contributed by atoms with E-state index in [1.807, 2.05) is 37.3 Å². The summed E-state index contributed by atoms with van der Waals surface area (Å²) in [4.78, 5) is 16.5. The third kappa shape index (κ3) is 4.89. The maximum Gasteiger partial charge on any atom is 0.394 e. The van der Waals surface area contributed by atoms with Gasteiger partial charge in [0.15, 0.2) is 6.61 Å². The van der Waals surface area contributed by atoms with Gasteiger partial charge in [-0.15, -0.1) is 0 Å². The van der Waals surface area contributed by atoms with Crippen LogP contribution in [-0.2, 0) is 9.63 Å². The molecule has 0 saturated carbocycles. The van der Waals surface area contributed by atoms with E-state index in [9.17, 15) is 4.79 Å². The predicted molar refractivity (Wildman–Crippen MR) is 86.2 cm³/mol. The molecule has 0 atom stereocenters. The number of halogens is 1. The standard InChI is InChI=1S/C16H15BrN2O3/c1-11-3-2-4-14(9-11)21-10-15(20)22-19-16(18)12-5-7-13(17)8-6-12/h2-9H,10H2,1H3,(H2,18,19)/p+1. The zero-order chi connectivity index (χ0) is 15.9. The highest BCUT2D eigenvalue weighted by molar-refractivity contribution is 9.10. The first-order valence-corrected chi connectivity index (χ1v) is 7.37. The van der Waals surface area contributed by atoms with Gasteiger partial charge in [-0.3, -0.25) is 10.6 Å². The highest BCUT2D eigenvalue weighted by atomic mass is 79.9. The summed E-state index contributed by atoms with van der Waals surface area (Å²) < 4.78 is 6.27. The normalized spacial score (nSPS) is 11.1. The quantitative estimate of drug-likeness (QED) is 0.360. The molecule has 5 nitrogen and oxygen atoms in total. The van der Waals surface area contributed by atoms with Crippen LogP contribution in [0.3, 0.4) is 0 Å². The van der Waals surface area contributed by atoms with Gasteiger partial charge >= 0.3 is 11.8 Å². The van der Waals surface area contributed by atoms with Gasteiger partial charge in [0, 0.05) is 4.47 Å². The molecular formula is C16H16BrN2O3+. The van der Waals surface area contributed by atoms with Crippen molar-refractivity contribution in [1.29, 1.82) is 0 Å². The molecule has 0 bridgehead atoms. The molecule has 2 aromatic rings. The summed E-state index contributed by atoms with van der Waals surface area (Å²) in [6, 6.07) is 14.7. The number of nitrogens with one attached hydrogen (secondary N) is 1. The fraction of sp³-hybridized carbons (Fsp3) is 0.125. The van der Waals surface area contributed by atoms with Crippen LogP contribution in [0.2, 0.25) is 0 Å². The Morgan fingerprint density at radius 2 is 1.95 bits per heavy atom. The van der Waals surface area contributed by atoms with Crippen molar-refractivity contribution in [3.05, 3.63) is 64.1 Å². The van der Waals surface area contributed by atoms with Gasteiger partial charge < -0.3 is 4.74 Å². The third-order valence-corrected chi connectivity index (χ3v) is 3.30. The molecule has 2 aromatic carbocycles. The summed E-state index contributed by atoms with van der Waals surface area (Å²) in [5.74, 6) is 0.291. The van der Waals surface area contributed by atoms with Crippen LogP contribution in [0.1, 0.15) is 11.1 Å². The molecule has 0 spiro atoms. The summed E-state index contributed by atoms with van der Waals surface area (Å²) in [5.41, 5.74) is 7.56. The monoisotopic (exact) mass is 363 g/mol. The van der Waals surface area contributed by atoms with E-state index in [-0.39, 0.29) is 12.4 Å². The molecule has 6 heteroatoms. The average Bonchev–Trinajstić information content (AvgIpc) is 2.51. The Kier molecular flexibility index (Phi) is 5.55. The van der Waals surface area contributed by atoms with Gasteiger partial charge in [-0.1, -0.05) is 33.2 Å². The second kappa shape index (κ2) is 7.61. The second-order valence-corrected chi connectivity index (χ2v) is 5.52. The van der Waals surface area contributed by atoms with E-state index in [0.29, 0.717) is 5.75 Å². The van der Waals surface area contributed by atoms with Crippen molar-refractivity contribution in [1.82, 2.24) is 0 Å². The Hall–Kier alpha value is -2.34. The summed E-state index contributed by atoms with van der Waals surface area (Å²) in [7, 11) is 0. The molecule has 0 fully saturated rings. The minimum atomic E-state index is -0.568. The van der Waals surface area contributed by atoms with Crippen molar-refractivity contribution in [3.63, 3.8) is 0 Å². The van der Waals surface area contributed by atoms with E-state index in [2.05, 4.69) is 21.1 Å². The molecule has 2 rings (SSSR count). The smallest absolute Gasteiger partial charge is 0.394 e. The fourth-order valence-corrected chi connectivity index (χ4v) is 1.94. The number of benzene rings is 2. The highest BCUT2D eigenvalue weighted by Crippen LogP contribution is 2.12. The number of nitrogens with two attached hydrogens (primary N) is 1. The minimum absolute atomic E-state index is 0.204. The lowest BCUT2D eigenvalue weighted by Crippen LogP contribution is -2.76. The van der Waals surface area contributed by atoms with Gasteiger partial charge in [-0.05, 0) is 48.9 Å². The van der Waals surface area contributed by atoms with Crippen LogP contribution in [0.4, 0.5) is 0 Å². The lowest BCUT2D eigenvalue weighted by Gasteiger charge is -2.04. The largest absolute Gasteiger partial charge is 0.482 e. The Morgan fingerprint density at radius 3 is 2.64 bits per heavy atom. The first-order chi connectivity index (χ1) is 10.5. The van der Waals surface area contributed by atoms with E-state index in [1.165, 1.54) is 0 Å². The van der Waals surface area contributed by atoms with Crippen molar-refractivity contribution in [2.75, 3.05) is 6.61 Å². The molecular weight excluding hydrogens is 348 g/mol. The SMILES string of the molecule is Cc1cccc(OCC(=O)O[NH+]=C(N)c2ccc(Br)cc2)c1. The van der Waals surface area contributed by atoms with Crippen molar-refractivity contribution in [2.24, 2.45) is 5.73 Å². The van der Waals surface area contributed by atoms with Crippen molar-refractivity contribution < 1.29 is 19.5 Å². The summed E-state index contributed by atoms with van der Waals surface area (Å²) in [5, 5.41) is 2.42. The Balaban J connectivity index is 1.86. The number of hydrogen-bond donors (Lipinski definition) is 2. The third-order valence-electron chi connectivity index (χ3n) is 2.78. The number of nitrogen functional groups attached to an aromatic ring is 1. The number of aryl methyl sites for hydroxylation is 1. The highest BCUT2D eigenvalue weighted by Gasteiger charge is 2.09. The van der Waals surface area contributed by atoms with Gasteiger partial charge in [0.2, 0.25) is 0 Å². The summed E-state index contributed by atoms with van der Waals surface area (Å²) in [6.45, 7) is 1.74. The summed E-state index contributed by atoms with van der Waals surface area (Å²) in [6.07, 6.45) is 0. The van der Waals surface area contributed by atoms with E-state index in [4.69, 9.17) is 15.3 Å². The van der Waals surface area contributed by atoms with Gasteiger partial charge in [-0.2, -0.15) is 0 Å². The molecule has 0 aromatic heterocycles. The summed E-state index contributed by atoms with van der Waals surface area (Å²) >= 11 is 3.33. The van der Waals surface area contributed by atoms with Gasteiger partial charge in [0.25, 0.3) is 0 Å². The maximum atomic E-state index is 11.6. The molecule has 0 aliphatic rings. The Bertz CT molecular complexity index is 684. The van der Waals surface area contributed by atoms with Crippen LogP contribution >= 0.6 is 15.9 Å². The Labute approximate surface area is 136 Å². The van der Waals surface area contributed by atoms with Crippen molar-refractivity contribution in [3.8, 4) is 5.75 Å². The molecule has 0 heterocycles. The van der Waals surface area contributed by atoms with Crippen molar-refractivity contribution in [2.45, 2.75) is 6.92 Å². The van der Waals surface area contributed by atoms with Crippen LogP contribution in [0, 0.1) is 6.92 Å². The van der Waals surface area contributed by atoms with Crippen LogP contribution in [0.15, 0.2) is 53.0 Å². The molecule has 3 N–H and O–H groups in total. The number of carbonyl (C=O) groups is 1. The zero-order valence-electron chi connectivity index (χ0n) is 12.0. The number of hydrogen-bond acceptors (Lipinski definition) is 3. The minimum Gasteiger partial charge on any atom is -0.482 e. The molecule has 0 amide bonds. The lowest BCUT2D eigenvalue weighted by atomic mass is 10.2. The molecule has 22 heavy (non-hydrogen) atoms. The average molecular weight is 364 g/mol. The fourth-order valence-electron chi connectivity index (χ4n) is 1.68.